The molecule has 0 spiro atoms. The van der Waals surface area contributed by atoms with E-state index in [-0.39, 0.29) is 47.0 Å². The number of carbonyl (C=O) groups is 2. The molecule has 1 saturated heterocycles. The molecule has 2 amide bonds. The number of nitrogens with zero attached hydrogens (tertiary/aromatic N) is 3. The largest absolute Gasteiger partial charge is 0.361 e. The second-order valence-electron chi connectivity index (χ2n) is 5.64. The molecule has 0 radical (unpaired) electrons. The number of aromatic nitrogens is 1. The molecule has 1 aromatic carbocycles. The molecule has 1 aromatic heterocycles. The Kier molecular flexibility index (Phi) is 4.41. The molecule has 1 fully saturated rings. The number of hydrogen-bond donors (Lipinski definition) is 1. The predicted molar refractivity (Wildman–Crippen MR) is 87.4 cm³/mol. The van der Waals surface area contributed by atoms with Gasteiger partial charge in [0.05, 0.1) is 10.8 Å². The Labute approximate surface area is 146 Å². The standard InChI is InChI=1S/C15H13ClN4O5/c1-8-4-12(18-25-8)15(22)19-6-9(7-19)14(21)17-10-2-3-11(16)13(5-10)20(23)24/h2-5,9H,6-7H2,1H3,(H,17,21). The van der Waals surface area contributed by atoms with Gasteiger partial charge in [0.2, 0.25) is 5.91 Å². The van der Waals surface area contributed by atoms with Crippen LogP contribution in [0.1, 0.15) is 16.2 Å². The van der Waals surface area contributed by atoms with Gasteiger partial charge < -0.3 is 14.7 Å². The number of anilines is 1. The van der Waals surface area contributed by atoms with Crippen molar-refractivity contribution in [1.82, 2.24) is 10.1 Å². The van der Waals surface area contributed by atoms with Crippen LogP contribution in [0.25, 0.3) is 0 Å². The summed E-state index contributed by atoms with van der Waals surface area (Å²) in [6.07, 6.45) is 0. The second kappa shape index (κ2) is 6.52. The minimum atomic E-state index is -0.623. The Balaban J connectivity index is 1.58. The molecule has 1 N–H and O–H groups in total. The van der Waals surface area contributed by atoms with Crippen LogP contribution in [0.5, 0.6) is 0 Å². The van der Waals surface area contributed by atoms with E-state index in [1.165, 1.54) is 29.2 Å². The molecule has 10 heteroatoms. The van der Waals surface area contributed by atoms with Gasteiger partial charge in [0.15, 0.2) is 5.69 Å². The minimum absolute atomic E-state index is 0.00804. The van der Waals surface area contributed by atoms with E-state index < -0.39 is 10.8 Å². The van der Waals surface area contributed by atoms with Crippen LogP contribution in [-0.2, 0) is 4.79 Å². The lowest BCUT2D eigenvalue weighted by molar-refractivity contribution is -0.384. The first-order valence-electron chi connectivity index (χ1n) is 7.32. The number of likely N-dealkylation sites (tertiary alicyclic amines) is 1. The van der Waals surface area contributed by atoms with Crippen LogP contribution in [0.3, 0.4) is 0 Å². The quantitative estimate of drug-likeness (QED) is 0.656. The zero-order valence-corrected chi connectivity index (χ0v) is 13.8. The van der Waals surface area contributed by atoms with Gasteiger partial charge in [-0.15, -0.1) is 0 Å². The Morgan fingerprint density at radius 2 is 2.12 bits per heavy atom. The van der Waals surface area contributed by atoms with Gasteiger partial charge >= 0.3 is 0 Å². The zero-order valence-electron chi connectivity index (χ0n) is 13.1. The van der Waals surface area contributed by atoms with Crippen molar-refractivity contribution in [3.63, 3.8) is 0 Å². The van der Waals surface area contributed by atoms with Crippen LogP contribution < -0.4 is 5.32 Å². The number of carbonyl (C=O) groups excluding carboxylic acids is 2. The topological polar surface area (TPSA) is 119 Å². The summed E-state index contributed by atoms with van der Waals surface area (Å²) in [5.74, 6) is -0.491. The van der Waals surface area contributed by atoms with Gasteiger partial charge in [-0.25, -0.2) is 0 Å². The number of halogens is 1. The molecule has 0 saturated carbocycles. The van der Waals surface area contributed by atoms with Crippen LogP contribution in [0, 0.1) is 23.0 Å². The first kappa shape index (κ1) is 16.9. The van der Waals surface area contributed by atoms with Crippen molar-refractivity contribution in [3.05, 3.63) is 50.9 Å². The van der Waals surface area contributed by atoms with Gasteiger partial charge in [-0.1, -0.05) is 16.8 Å². The highest BCUT2D eigenvalue weighted by Gasteiger charge is 2.37. The van der Waals surface area contributed by atoms with E-state index >= 15 is 0 Å². The third-order valence-electron chi connectivity index (χ3n) is 3.80. The number of rotatable bonds is 4. The van der Waals surface area contributed by atoms with E-state index in [9.17, 15) is 19.7 Å². The molecule has 2 heterocycles. The smallest absolute Gasteiger partial charge is 0.289 e. The number of nitrogens with one attached hydrogen (secondary N) is 1. The van der Waals surface area contributed by atoms with Crippen LogP contribution >= 0.6 is 11.6 Å². The highest BCUT2D eigenvalue weighted by atomic mass is 35.5. The fourth-order valence-electron chi connectivity index (χ4n) is 2.41. The molecule has 0 bridgehead atoms. The predicted octanol–water partition coefficient (Wildman–Crippen LogP) is 2.26. The van der Waals surface area contributed by atoms with E-state index in [1.54, 1.807) is 6.92 Å². The fraction of sp³-hybridized carbons (Fsp3) is 0.267. The number of amides is 2. The maximum Gasteiger partial charge on any atom is 0.289 e. The van der Waals surface area contributed by atoms with Gasteiger partial charge in [0.1, 0.15) is 10.8 Å². The fourth-order valence-corrected chi connectivity index (χ4v) is 2.60. The summed E-state index contributed by atoms with van der Waals surface area (Å²) in [7, 11) is 0. The Bertz CT molecular complexity index is 859. The summed E-state index contributed by atoms with van der Waals surface area (Å²) in [4.78, 5) is 36.0. The summed E-state index contributed by atoms with van der Waals surface area (Å²) < 4.78 is 4.86. The van der Waals surface area contributed by atoms with Crippen molar-refractivity contribution in [2.24, 2.45) is 5.92 Å². The van der Waals surface area contributed by atoms with Gasteiger partial charge in [-0.3, -0.25) is 19.7 Å². The average molecular weight is 365 g/mol. The van der Waals surface area contributed by atoms with Crippen molar-refractivity contribution in [1.29, 1.82) is 0 Å². The summed E-state index contributed by atoms with van der Waals surface area (Å²) in [5, 5.41) is 17.1. The highest BCUT2D eigenvalue weighted by Crippen LogP contribution is 2.28. The highest BCUT2D eigenvalue weighted by molar-refractivity contribution is 6.32. The number of hydrogen-bond acceptors (Lipinski definition) is 6. The normalized spacial score (nSPS) is 14.1. The van der Waals surface area contributed by atoms with Crippen LogP contribution in [-0.4, -0.2) is 39.9 Å². The Morgan fingerprint density at radius 3 is 2.72 bits per heavy atom. The first-order chi connectivity index (χ1) is 11.8. The number of benzene rings is 1. The van der Waals surface area contributed by atoms with E-state index in [0.29, 0.717) is 5.76 Å². The lowest BCUT2D eigenvalue weighted by atomic mass is 9.98. The molecule has 25 heavy (non-hydrogen) atoms. The van der Waals surface area contributed by atoms with E-state index in [0.717, 1.165) is 0 Å². The molecular formula is C15H13ClN4O5. The Hall–Kier alpha value is -2.94. The Morgan fingerprint density at radius 1 is 1.40 bits per heavy atom. The molecule has 2 aromatic rings. The first-order valence-corrected chi connectivity index (χ1v) is 7.70. The molecule has 3 rings (SSSR count). The summed E-state index contributed by atoms with van der Waals surface area (Å²) >= 11 is 5.73. The van der Waals surface area contributed by atoms with Crippen LogP contribution in [0.4, 0.5) is 11.4 Å². The van der Waals surface area contributed by atoms with E-state index in [4.69, 9.17) is 16.1 Å². The molecular weight excluding hydrogens is 352 g/mol. The third kappa shape index (κ3) is 3.45. The second-order valence-corrected chi connectivity index (χ2v) is 6.05. The van der Waals surface area contributed by atoms with Gasteiger partial charge in [-0.05, 0) is 19.1 Å². The van der Waals surface area contributed by atoms with Crippen molar-refractivity contribution in [2.75, 3.05) is 18.4 Å². The number of nitro benzene ring substituents is 1. The van der Waals surface area contributed by atoms with E-state index in [2.05, 4.69) is 10.5 Å². The molecule has 9 nitrogen and oxygen atoms in total. The van der Waals surface area contributed by atoms with E-state index in [1.807, 2.05) is 0 Å². The summed E-state index contributed by atoms with van der Waals surface area (Å²) in [5.41, 5.74) is 0.189. The minimum Gasteiger partial charge on any atom is -0.361 e. The number of nitro groups is 1. The van der Waals surface area contributed by atoms with Gasteiger partial charge in [-0.2, -0.15) is 0 Å². The van der Waals surface area contributed by atoms with Crippen LogP contribution in [0.2, 0.25) is 5.02 Å². The van der Waals surface area contributed by atoms with Crippen molar-refractivity contribution in [3.8, 4) is 0 Å². The zero-order chi connectivity index (χ0) is 18.1. The molecule has 1 aliphatic heterocycles. The average Bonchev–Trinajstić information content (AvgIpc) is 2.94. The monoisotopic (exact) mass is 364 g/mol. The lowest BCUT2D eigenvalue weighted by Gasteiger charge is -2.37. The third-order valence-corrected chi connectivity index (χ3v) is 4.12. The molecule has 130 valence electrons. The molecule has 0 unspecified atom stereocenters. The SMILES string of the molecule is Cc1cc(C(=O)N2CC(C(=O)Nc3ccc(Cl)c([N+](=O)[O-])c3)C2)no1. The lowest BCUT2D eigenvalue weighted by Crippen LogP contribution is -2.54. The molecule has 0 atom stereocenters. The molecule has 0 aliphatic carbocycles. The van der Waals surface area contributed by atoms with Gasteiger partial charge in [0, 0.05) is 30.9 Å². The summed E-state index contributed by atoms with van der Waals surface area (Å²) in [6, 6.07) is 5.55. The maximum atomic E-state index is 12.2. The number of aryl methyl sites for hydroxylation is 1. The maximum absolute atomic E-state index is 12.2. The van der Waals surface area contributed by atoms with Crippen molar-refractivity contribution >= 4 is 34.8 Å². The summed E-state index contributed by atoms with van der Waals surface area (Å²) in [6.45, 7) is 2.17. The molecule has 1 aliphatic rings. The van der Waals surface area contributed by atoms with Crippen molar-refractivity contribution in [2.45, 2.75) is 6.92 Å². The van der Waals surface area contributed by atoms with Crippen molar-refractivity contribution < 1.29 is 19.0 Å². The van der Waals surface area contributed by atoms with Crippen LogP contribution in [0.15, 0.2) is 28.8 Å². The van der Waals surface area contributed by atoms with Gasteiger partial charge in [0.25, 0.3) is 11.6 Å².